The number of hydrogen-bond donors (Lipinski definition) is 1. The Balaban J connectivity index is 1.45. The topological polar surface area (TPSA) is 101 Å². The molecule has 1 N–H and O–H groups in total. The van der Waals surface area contributed by atoms with Gasteiger partial charge < -0.3 is 19.5 Å². The molecule has 0 bridgehead atoms. The molecule has 4 aromatic rings. The van der Waals surface area contributed by atoms with Crippen LogP contribution < -0.4 is 24.8 Å². The van der Waals surface area contributed by atoms with Gasteiger partial charge in [0, 0.05) is 29.9 Å². The van der Waals surface area contributed by atoms with E-state index in [9.17, 15) is 4.79 Å². The molecule has 217 valence electrons. The van der Waals surface area contributed by atoms with Crippen LogP contribution in [0.25, 0.3) is 5.65 Å². The lowest BCUT2D eigenvalue weighted by Crippen LogP contribution is -2.17. The zero-order valence-electron chi connectivity index (χ0n) is 23.8. The van der Waals surface area contributed by atoms with Gasteiger partial charge in [0.25, 0.3) is 0 Å². The van der Waals surface area contributed by atoms with E-state index in [0.717, 1.165) is 27.0 Å². The summed E-state index contributed by atoms with van der Waals surface area (Å²) in [5, 5.41) is 12.7. The highest BCUT2D eigenvalue weighted by atomic mass is 79.9. The summed E-state index contributed by atoms with van der Waals surface area (Å²) in [4.78, 5) is 17.6. The van der Waals surface area contributed by atoms with Gasteiger partial charge in [-0.2, -0.15) is 0 Å². The van der Waals surface area contributed by atoms with Crippen molar-refractivity contribution in [3.63, 3.8) is 0 Å². The van der Waals surface area contributed by atoms with E-state index in [1.54, 1.807) is 25.8 Å². The van der Waals surface area contributed by atoms with E-state index >= 15 is 0 Å². The number of amides is 1. The molecule has 41 heavy (non-hydrogen) atoms. The summed E-state index contributed by atoms with van der Waals surface area (Å²) in [6.07, 6.45) is 2.22. The Morgan fingerprint density at radius 2 is 1.83 bits per heavy atom. The number of nitrogens with zero attached hydrogens (tertiary/aromatic N) is 4. The fourth-order valence-corrected chi connectivity index (χ4v) is 5.42. The number of hydrogen-bond acceptors (Lipinski definition) is 7. The van der Waals surface area contributed by atoms with Crippen molar-refractivity contribution in [3.8, 4) is 17.2 Å². The summed E-state index contributed by atoms with van der Waals surface area (Å²) in [5.74, 6) is 2.62. The van der Waals surface area contributed by atoms with Crippen molar-refractivity contribution in [2.24, 2.45) is 5.92 Å². The quantitative estimate of drug-likeness (QED) is 0.188. The Hall–Kier alpha value is -3.50. The fraction of sp³-hybridized carbons (Fsp3) is 0.367. The van der Waals surface area contributed by atoms with Gasteiger partial charge in [-0.3, -0.25) is 4.79 Å². The Bertz CT molecular complexity index is 1530. The maximum Gasteiger partial charge on any atom is 0.241 e. The van der Waals surface area contributed by atoms with Gasteiger partial charge in [0.05, 0.1) is 44.3 Å². The molecule has 0 fully saturated rings. The average molecular weight is 644 g/mol. The zero-order chi connectivity index (χ0) is 29.5. The molecule has 2 aromatic carbocycles. The third-order valence-corrected chi connectivity index (χ3v) is 7.81. The monoisotopic (exact) mass is 642 g/mol. The summed E-state index contributed by atoms with van der Waals surface area (Å²) in [7, 11) is 6.61. The number of methoxy groups -OCH3 is 3. The summed E-state index contributed by atoms with van der Waals surface area (Å²) >= 11 is 10.1. The maximum absolute atomic E-state index is 12.8. The fourth-order valence-electron chi connectivity index (χ4n) is 4.70. The number of nitrogens with one attached hydrogen (secondary N) is 1. The van der Waals surface area contributed by atoms with Crippen LogP contribution in [0.3, 0.4) is 0 Å². The molecule has 0 saturated heterocycles. The molecular formula is C30H34BrClN5O4. The maximum atomic E-state index is 12.8. The molecule has 9 nitrogen and oxygen atoms in total. The Labute approximate surface area is 253 Å². The number of rotatable bonds is 13. The lowest BCUT2D eigenvalue weighted by Gasteiger charge is -2.16. The molecular weight excluding hydrogens is 610 g/mol. The zero-order valence-corrected chi connectivity index (χ0v) is 26.2. The lowest BCUT2D eigenvalue weighted by molar-refractivity contribution is -0.121. The van der Waals surface area contributed by atoms with Crippen LogP contribution in [0, 0.1) is 5.92 Å². The summed E-state index contributed by atoms with van der Waals surface area (Å²) in [6.45, 7) is 2.26. The first-order chi connectivity index (χ1) is 19.8. The van der Waals surface area contributed by atoms with E-state index in [4.69, 9.17) is 30.8 Å². The first kappa shape index (κ1) is 30.5. The first-order valence-corrected chi connectivity index (χ1v) is 14.4. The molecule has 2 heterocycles. The molecule has 0 aliphatic rings. The summed E-state index contributed by atoms with van der Waals surface area (Å²) in [6, 6.07) is 13.4. The first-order valence-electron chi connectivity index (χ1n) is 13.2. The molecule has 2 aromatic heterocycles. The van der Waals surface area contributed by atoms with Crippen LogP contribution in [0.15, 0.2) is 46.9 Å². The molecule has 1 atom stereocenters. The minimum atomic E-state index is -0.165. The molecule has 0 spiro atoms. The van der Waals surface area contributed by atoms with Crippen LogP contribution in [-0.4, -0.2) is 48.9 Å². The van der Waals surface area contributed by atoms with Crippen molar-refractivity contribution in [2.75, 3.05) is 33.7 Å². The molecule has 1 unspecified atom stereocenters. The number of benzene rings is 2. The Kier molecular flexibility index (Phi) is 10.3. The van der Waals surface area contributed by atoms with Crippen LogP contribution in [0.4, 0.5) is 5.82 Å². The second-order valence-electron chi connectivity index (χ2n) is 9.71. The van der Waals surface area contributed by atoms with Gasteiger partial charge >= 0.3 is 0 Å². The molecule has 1 radical (unpaired) electrons. The van der Waals surface area contributed by atoms with Gasteiger partial charge in [-0.25, -0.2) is 14.8 Å². The number of carbonyl (C=O) groups excluding carboxylic acids is 1. The molecule has 1 amide bonds. The van der Waals surface area contributed by atoms with Crippen molar-refractivity contribution < 1.29 is 19.0 Å². The third kappa shape index (κ3) is 7.23. The van der Waals surface area contributed by atoms with Crippen LogP contribution in [0.5, 0.6) is 17.2 Å². The van der Waals surface area contributed by atoms with E-state index in [1.165, 1.54) is 0 Å². The number of anilines is 1. The highest BCUT2D eigenvalue weighted by molar-refractivity contribution is 9.10. The van der Waals surface area contributed by atoms with Crippen molar-refractivity contribution in [3.05, 3.63) is 74.5 Å². The van der Waals surface area contributed by atoms with Gasteiger partial charge in [-0.05, 0) is 60.7 Å². The van der Waals surface area contributed by atoms with Crippen LogP contribution in [0.2, 0.25) is 5.02 Å². The van der Waals surface area contributed by atoms with Crippen molar-refractivity contribution in [2.45, 2.75) is 39.2 Å². The lowest BCUT2D eigenvalue weighted by atomic mass is 9.96. The van der Waals surface area contributed by atoms with E-state index < -0.39 is 0 Å². The molecule has 0 saturated carbocycles. The van der Waals surface area contributed by atoms with E-state index in [1.807, 2.05) is 49.5 Å². The predicted molar refractivity (Wildman–Crippen MR) is 164 cm³/mol. The SMILES string of the molecule is CNc1ccc2nc(C[N]C(=O)CCC(C)Cc3ccc(OC)c(OC)c3Cl)c(Cc3cc(Br)ccc3OC)n2n1. The van der Waals surface area contributed by atoms with Gasteiger partial charge in [0.15, 0.2) is 17.1 Å². The normalized spacial score (nSPS) is 11.8. The van der Waals surface area contributed by atoms with E-state index in [0.29, 0.717) is 59.4 Å². The Morgan fingerprint density at radius 3 is 2.54 bits per heavy atom. The largest absolute Gasteiger partial charge is 0.496 e. The van der Waals surface area contributed by atoms with Crippen molar-refractivity contribution in [1.82, 2.24) is 19.9 Å². The van der Waals surface area contributed by atoms with Crippen LogP contribution >= 0.6 is 27.5 Å². The van der Waals surface area contributed by atoms with Gasteiger partial charge in [0.2, 0.25) is 5.91 Å². The molecule has 0 aliphatic heterocycles. The van der Waals surface area contributed by atoms with Gasteiger partial charge in [-0.15, -0.1) is 5.10 Å². The minimum absolute atomic E-state index is 0.165. The van der Waals surface area contributed by atoms with Crippen molar-refractivity contribution in [1.29, 1.82) is 0 Å². The van der Waals surface area contributed by atoms with Gasteiger partial charge in [0.1, 0.15) is 11.6 Å². The van der Waals surface area contributed by atoms with Crippen molar-refractivity contribution >= 4 is 44.9 Å². The number of halogens is 2. The second kappa shape index (κ2) is 13.9. The third-order valence-electron chi connectivity index (χ3n) is 6.90. The number of imidazole rings is 1. The minimum Gasteiger partial charge on any atom is -0.496 e. The highest BCUT2D eigenvalue weighted by Crippen LogP contribution is 2.38. The molecule has 0 aliphatic carbocycles. The summed E-state index contributed by atoms with van der Waals surface area (Å²) < 4.78 is 19.1. The van der Waals surface area contributed by atoms with E-state index in [-0.39, 0.29) is 18.4 Å². The Morgan fingerprint density at radius 1 is 1.07 bits per heavy atom. The second-order valence-corrected chi connectivity index (χ2v) is 11.0. The smallest absolute Gasteiger partial charge is 0.241 e. The molecule has 11 heteroatoms. The highest BCUT2D eigenvalue weighted by Gasteiger charge is 2.19. The number of ether oxygens (including phenoxy) is 3. The molecule has 4 rings (SSSR count). The summed E-state index contributed by atoms with van der Waals surface area (Å²) in [5.41, 5.74) is 4.15. The number of fused-ring (bicyclic) bond motifs is 1. The van der Waals surface area contributed by atoms with Crippen LogP contribution in [-0.2, 0) is 24.2 Å². The number of aromatic nitrogens is 3. The van der Waals surface area contributed by atoms with Crippen LogP contribution in [0.1, 0.15) is 42.3 Å². The number of carbonyl (C=O) groups is 1. The standard InChI is InChI=1S/C30H34BrClN5O4/c1-18(14-19-7-9-25(40-4)30(41-5)29(19)32)6-13-28(38)34-17-22-23(16-20-15-21(31)8-10-24(20)39-3)37-27(35-22)12-11-26(33-2)36-37/h7-12,15,18H,6,13-14,16-17H2,1-5H3,(H,33,36). The van der Waals surface area contributed by atoms with Gasteiger partial charge in [-0.1, -0.05) is 40.5 Å². The average Bonchev–Trinajstić information content (AvgIpc) is 3.32. The van der Waals surface area contributed by atoms with E-state index in [2.05, 4.69) is 38.6 Å². The predicted octanol–water partition coefficient (Wildman–Crippen LogP) is 6.09.